The van der Waals surface area contributed by atoms with Crippen LogP contribution in [-0.2, 0) is 0 Å². The van der Waals surface area contributed by atoms with E-state index in [1.807, 2.05) is 36.4 Å². The summed E-state index contributed by atoms with van der Waals surface area (Å²) < 4.78 is 5.65. The van der Waals surface area contributed by atoms with Crippen molar-refractivity contribution in [2.75, 3.05) is 6.61 Å². The number of benzene rings is 1. The quantitative estimate of drug-likeness (QED) is 0.878. The fraction of sp³-hybridized carbons (Fsp3) is 0.267. The van der Waals surface area contributed by atoms with Gasteiger partial charge in [0.1, 0.15) is 11.9 Å². The smallest absolute Gasteiger partial charge is 0.125 e. The van der Waals surface area contributed by atoms with Gasteiger partial charge in [0.05, 0.1) is 6.61 Å². The first kappa shape index (κ1) is 12.6. The van der Waals surface area contributed by atoms with Gasteiger partial charge >= 0.3 is 0 Å². The predicted molar refractivity (Wildman–Crippen MR) is 70.5 cm³/mol. The largest absolute Gasteiger partial charge is 0.493 e. The monoisotopic (exact) mass is 243 g/mol. The highest BCUT2D eigenvalue weighted by Gasteiger charge is 2.15. The molecular weight excluding hydrogens is 226 g/mol. The number of nitrogens with zero attached hydrogens (tertiary/aromatic N) is 1. The lowest BCUT2D eigenvalue weighted by Gasteiger charge is -2.15. The molecule has 0 fully saturated rings. The Labute approximate surface area is 107 Å². The third-order valence-corrected chi connectivity index (χ3v) is 2.68. The van der Waals surface area contributed by atoms with Crippen LogP contribution in [0.2, 0.25) is 0 Å². The molecule has 0 saturated heterocycles. The third-order valence-electron chi connectivity index (χ3n) is 2.68. The lowest BCUT2D eigenvalue weighted by Crippen LogP contribution is -2.04. The highest BCUT2D eigenvalue weighted by atomic mass is 16.5. The molecule has 3 nitrogen and oxygen atoms in total. The fourth-order valence-electron chi connectivity index (χ4n) is 1.77. The van der Waals surface area contributed by atoms with Gasteiger partial charge in [0.2, 0.25) is 0 Å². The zero-order chi connectivity index (χ0) is 12.8. The van der Waals surface area contributed by atoms with Crippen molar-refractivity contribution in [2.24, 2.45) is 0 Å². The molecule has 0 bridgehead atoms. The summed E-state index contributed by atoms with van der Waals surface area (Å²) in [5.74, 6) is 0.732. The van der Waals surface area contributed by atoms with Crippen molar-refractivity contribution in [1.29, 1.82) is 0 Å². The van der Waals surface area contributed by atoms with E-state index in [9.17, 15) is 5.11 Å². The van der Waals surface area contributed by atoms with Gasteiger partial charge < -0.3 is 9.84 Å². The van der Waals surface area contributed by atoms with Crippen molar-refractivity contribution < 1.29 is 9.84 Å². The van der Waals surface area contributed by atoms with Crippen molar-refractivity contribution in [3.8, 4) is 5.75 Å². The number of para-hydroxylation sites is 1. The second kappa shape index (κ2) is 6.17. The summed E-state index contributed by atoms with van der Waals surface area (Å²) in [6, 6.07) is 11.2. The maximum absolute atomic E-state index is 10.4. The van der Waals surface area contributed by atoms with Gasteiger partial charge in [-0.2, -0.15) is 0 Å². The molecule has 1 heterocycles. The summed E-state index contributed by atoms with van der Waals surface area (Å²) in [6.07, 6.45) is 3.60. The van der Waals surface area contributed by atoms with E-state index in [0.717, 1.165) is 23.3 Å². The molecule has 2 aromatic rings. The third kappa shape index (κ3) is 2.87. The number of rotatable bonds is 5. The number of pyridine rings is 1. The van der Waals surface area contributed by atoms with Gasteiger partial charge in [0.25, 0.3) is 0 Å². The zero-order valence-corrected chi connectivity index (χ0v) is 10.4. The molecule has 1 N–H and O–H groups in total. The molecule has 1 atom stereocenters. The molecule has 0 amide bonds. The summed E-state index contributed by atoms with van der Waals surface area (Å²) in [5, 5.41) is 10.4. The summed E-state index contributed by atoms with van der Waals surface area (Å²) in [4.78, 5) is 4.02. The molecule has 1 aromatic carbocycles. The second-order valence-corrected chi connectivity index (χ2v) is 4.08. The van der Waals surface area contributed by atoms with E-state index in [-0.39, 0.29) is 0 Å². The van der Waals surface area contributed by atoms with Gasteiger partial charge in [-0.05, 0) is 18.6 Å². The molecule has 0 aliphatic heterocycles. The minimum absolute atomic E-state index is 0.650. The molecule has 1 aromatic heterocycles. The highest BCUT2D eigenvalue weighted by Crippen LogP contribution is 2.29. The molecular formula is C15H17NO2. The zero-order valence-electron chi connectivity index (χ0n) is 10.4. The molecule has 94 valence electrons. The average Bonchev–Trinajstić information content (AvgIpc) is 2.45. The average molecular weight is 243 g/mol. The van der Waals surface area contributed by atoms with Gasteiger partial charge in [-0.3, -0.25) is 4.98 Å². The number of hydrogen-bond acceptors (Lipinski definition) is 3. The van der Waals surface area contributed by atoms with Crippen LogP contribution >= 0.6 is 0 Å². The first-order chi connectivity index (χ1) is 8.83. The Bertz CT molecular complexity index is 485. The second-order valence-electron chi connectivity index (χ2n) is 4.08. The lowest BCUT2D eigenvalue weighted by atomic mass is 10.0. The Balaban J connectivity index is 2.27. The van der Waals surface area contributed by atoms with E-state index in [1.54, 1.807) is 12.4 Å². The van der Waals surface area contributed by atoms with Crippen LogP contribution in [0.15, 0.2) is 48.8 Å². The topological polar surface area (TPSA) is 42.4 Å². The van der Waals surface area contributed by atoms with Crippen molar-refractivity contribution in [1.82, 2.24) is 4.98 Å². The Morgan fingerprint density at radius 1 is 1.22 bits per heavy atom. The van der Waals surface area contributed by atoms with E-state index in [1.165, 1.54) is 0 Å². The SMILES string of the molecule is CCCOc1ccccc1C(O)c1cccnc1. The Hall–Kier alpha value is -1.87. The molecule has 18 heavy (non-hydrogen) atoms. The number of aromatic nitrogens is 1. The van der Waals surface area contributed by atoms with Crippen LogP contribution in [-0.4, -0.2) is 16.7 Å². The minimum Gasteiger partial charge on any atom is -0.493 e. The number of ether oxygens (including phenoxy) is 1. The van der Waals surface area contributed by atoms with Gasteiger partial charge in [-0.1, -0.05) is 31.2 Å². The number of hydrogen-bond donors (Lipinski definition) is 1. The molecule has 0 saturated carbocycles. The fourth-order valence-corrected chi connectivity index (χ4v) is 1.77. The van der Waals surface area contributed by atoms with Gasteiger partial charge in [0.15, 0.2) is 0 Å². The predicted octanol–water partition coefficient (Wildman–Crippen LogP) is 2.95. The van der Waals surface area contributed by atoms with Crippen LogP contribution in [0.4, 0.5) is 0 Å². The van der Waals surface area contributed by atoms with Crippen molar-refractivity contribution in [3.63, 3.8) is 0 Å². The lowest BCUT2D eigenvalue weighted by molar-refractivity contribution is 0.210. The van der Waals surface area contributed by atoms with Crippen LogP contribution in [0, 0.1) is 0 Å². The van der Waals surface area contributed by atoms with Gasteiger partial charge in [0, 0.05) is 23.5 Å². The normalized spacial score (nSPS) is 12.1. The molecule has 0 radical (unpaired) electrons. The van der Waals surface area contributed by atoms with E-state index < -0.39 is 6.10 Å². The number of aliphatic hydroxyl groups is 1. The Morgan fingerprint density at radius 2 is 2.06 bits per heavy atom. The molecule has 2 rings (SSSR count). The highest BCUT2D eigenvalue weighted by molar-refractivity contribution is 5.39. The summed E-state index contributed by atoms with van der Waals surface area (Å²) in [6.45, 7) is 2.71. The molecule has 0 spiro atoms. The molecule has 0 aliphatic carbocycles. The van der Waals surface area contributed by atoms with Crippen molar-refractivity contribution in [3.05, 3.63) is 59.9 Å². The van der Waals surface area contributed by atoms with Gasteiger partial charge in [-0.15, -0.1) is 0 Å². The Morgan fingerprint density at radius 3 is 2.78 bits per heavy atom. The standard InChI is InChI=1S/C15H17NO2/c1-2-10-18-14-8-4-3-7-13(14)15(17)12-6-5-9-16-11-12/h3-9,11,15,17H,2,10H2,1H3. The maximum Gasteiger partial charge on any atom is 0.125 e. The summed E-state index contributed by atoms with van der Waals surface area (Å²) >= 11 is 0. The summed E-state index contributed by atoms with van der Waals surface area (Å²) in [7, 11) is 0. The van der Waals surface area contributed by atoms with Crippen LogP contribution in [0.3, 0.4) is 0 Å². The molecule has 1 unspecified atom stereocenters. The van der Waals surface area contributed by atoms with Crippen LogP contribution in [0.1, 0.15) is 30.6 Å². The maximum atomic E-state index is 10.4. The van der Waals surface area contributed by atoms with E-state index in [2.05, 4.69) is 11.9 Å². The van der Waals surface area contributed by atoms with Crippen molar-refractivity contribution in [2.45, 2.75) is 19.4 Å². The van der Waals surface area contributed by atoms with E-state index in [0.29, 0.717) is 6.61 Å². The van der Waals surface area contributed by atoms with Crippen LogP contribution in [0.25, 0.3) is 0 Å². The van der Waals surface area contributed by atoms with E-state index in [4.69, 9.17) is 4.74 Å². The first-order valence-corrected chi connectivity index (χ1v) is 6.12. The van der Waals surface area contributed by atoms with Crippen molar-refractivity contribution >= 4 is 0 Å². The van der Waals surface area contributed by atoms with E-state index >= 15 is 0 Å². The minimum atomic E-state index is -0.702. The van der Waals surface area contributed by atoms with Crippen LogP contribution < -0.4 is 4.74 Å². The molecule has 3 heteroatoms. The first-order valence-electron chi connectivity index (χ1n) is 6.12. The number of aliphatic hydroxyl groups excluding tert-OH is 1. The molecule has 0 aliphatic rings. The Kier molecular flexibility index (Phi) is 4.31. The summed E-state index contributed by atoms with van der Waals surface area (Å²) in [5.41, 5.74) is 1.55. The van der Waals surface area contributed by atoms with Gasteiger partial charge in [-0.25, -0.2) is 0 Å². The van der Waals surface area contributed by atoms with Crippen LogP contribution in [0.5, 0.6) is 5.75 Å².